The third-order valence-corrected chi connectivity index (χ3v) is 20.4. The Morgan fingerprint density at radius 2 is 0.349 bits per heavy atom. The smallest absolute Gasteiger partial charge is 0.0195 e. The summed E-state index contributed by atoms with van der Waals surface area (Å²) in [6.07, 6.45) is 6.13. The normalized spacial score (nSPS) is 10.7. The van der Waals surface area contributed by atoms with Gasteiger partial charge in [0.2, 0.25) is 0 Å². The molecule has 0 N–H and O–H groups in total. The average molecular weight is 1070 g/mol. The molecule has 8 aromatic carbocycles. The molecule has 10 heteroatoms. The second-order valence-corrected chi connectivity index (χ2v) is 26.3. The molecule has 0 unspecified atom stereocenters. The Bertz CT molecular complexity index is 2000. The summed E-state index contributed by atoms with van der Waals surface area (Å²) in [5.74, 6) is 0. The zero-order valence-corrected chi connectivity index (χ0v) is 43.1. The van der Waals surface area contributed by atoms with Crippen LogP contribution < -0.4 is 42.4 Å². The maximum Gasteiger partial charge on any atom is -0.0195 e. The van der Waals surface area contributed by atoms with E-state index in [0.29, 0.717) is 25.3 Å². The van der Waals surface area contributed by atoms with Crippen LogP contribution in [-0.4, -0.2) is 24.6 Å². The molecule has 0 bridgehead atoms. The first-order valence-corrected chi connectivity index (χ1v) is 31.9. The van der Waals surface area contributed by atoms with Gasteiger partial charge in [-0.2, -0.15) is 0 Å². The monoisotopic (exact) mass is 1070 g/mol. The van der Waals surface area contributed by atoms with E-state index in [9.17, 15) is 0 Å². The summed E-state index contributed by atoms with van der Waals surface area (Å²) < 4.78 is 0. The number of halogens is 4. The Hall–Kier alpha value is -2.37. The fourth-order valence-electron chi connectivity index (χ4n) is 7.08. The van der Waals surface area contributed by atoms with E-state index in [2.05, 4.69) is 243 Å². The van der Waals surface area contributed by atoms with E-state index in [-0.39, 0.29) is 31.7 Å². The SMILES string of the molecule is [Cl][Ni][Cl].[Cl][Ni][Cl].c1ccc(P(CCCP(c2ccccc2)c2ccccc2)c2ccccc2)cc1.c1ccc(P(CCP(c2ccccc2)c2ccccc2)c2ccccc2)cc1. The molecule has 0 aliphatic heterocycles. The Morgan fingerprint density at radius 1 is 0.222 bits per heavy atom. The van der Waals surface area contributed by atoms with Gasteiger partial charge in [-0.15, -0.1) is 0 Å². The second-order valence-electron chi connectivity index (χ2n) is 13.7. The minimum Gasteiger partial charge on any atom is -0.0622 e. The summed E-state index contributed by atoms with van der Waals surface area (Å²) >= 11 is 1.14. The van der Waals surface area contributed by atoms with E-state index >= 15 is 0 Å². The first kappa shape index (κ1) is 51.6. The van der Waals surface area contributed by atoms with Gasteiger partial charge in [-0.1, -0.05) is 243 Å². The van der Waals surface area contributed by atoms with Gasteiger partial charge in [0.1, 0.15) is 0 Å². The van der Waals surface area contributed by atoms with Crippen molar-refractivity contribution in [1.29, 1.82) is 0 Å². The second kappa shape index (κ2) is 31.5. The van der Waals surface area contributed by atoms with Crippen molar-refractivity contribution >= 4 is 115 Å². The standard InChI is InChI=1S/C27H26P2.C26H24P2.4ClH.2Ni/c1-5-14-24(15-6-1)28(25-16-7-2-8-17-25)22-13-23-29(26-18-9-3-10-19-26)27-20-11-4-12-21-27;1-5-13-23(14-6-1)27(24-15-7-2-8-16-24)21-22-28(25-17-9-3-10-18-25)26-19-11-4-12-20-26;;;;;;/h1-12,14-21H,13,22-23H2;1-20H,21-22H2;4*1H;;/q;;;;;;2*+2/p-4. The van der Waals surface area contributed by atoms with Gasteiger partial charge in [0.15, 0.2) is 0 Å². The molecule has 0 heterocycles. The maximum absolute atomic E-state index is 4.70. The van der Waals surface area contributed by atoms with E-state index in [0.717, 1.165) is 0 Å². The molecule has 330 valence electrons. The quantitative estimate of drug-likeness (QED) is 0.0709. The van der Waals surface area contributed by atoms with Crippen molar-refractivity contribution in [3.8, 4) is 0 Å². The first-order valence-electron chi connectivity index (χ1n) is 20.3. The van der Waals surface area contributed by atoms with Crippen LogP contribution in [0.15, 0.2) is 243 Å². The molecule has 0 aromatic heterocycles. The predicted molar refractivity (Wildman–Crippen MR) is 284 cm³/mol. The zero-order valence-electron chi connectivity index (χ0n) is 34.6. The molecule has 0 nitrogen and oxygen atoms in total. The number of benzene rings is 8. The summed E-state index contributed by atoms with van der Waals surface area (Å²) in [6.45, 7) is 0. The molecule has 0 saturated carbocycles. The van der Waals surface area contributed by atoms with E-state index in [1.807, 2.05) is 0 Å². The zero-order chi connectivity index (χ0) is 44.2. The van der Waals surface area contributed by atoms with Gasteiger partial charge in [0, 0.05) is 0 Å². The van der Waals surface area contributed by atoms with Crippen molar-refractivity contribution in [2.24, 2.45) is 0 Å². The fourth-order valence-corrected chi connectivity index (χ4v) is 17.4. The average Bonchev–Trinajstić information content (AvgIpc) is 3.36. The van der Waals surface area contributed by atoms with Crippen LogP contribution in [0.5, 0.6) is 0 Å². The van der Waals surface area contributed by atoms with Crippen LogP contribution >= 0.6 is 72.5 Å². The topological polar surface area (TPSA) is 0 Å². The Labute approximate surface area is 410 Å². The molecule has 0 saturated heterocycles. The summed E-state index contributed by atoms with van der Waals surface area (Å²) in [4.78, 5) is 0. The van der Waals surface area contributed by atoms with Crippen molar-refractivity contribution in [3.05, 3.63) is 243 Å². The summed E-state index contributed by atoms with van der Waals surface area (Å²) in [5, 5.41) is 11.8. The van der Waals surface area contributed by atoms with Crippen LogP contribution in [0, 0.1) is 0 Å². The van der Waals surface area contributed by atoms with Crippen molar-refractivity contribution in [2.75, 3.05) is 24.6 Å². The van der Waals surface area contributed by atoms with Crippen LogP contribution in [0.2, 0.25) is 0 Å². The van der Waals surface area contributed by atoms with Gasteiger partial charge >= 0.3 is 66.1 Å². The van der Waals surface area contributed by atoms with Gasteiger partial charge < -0.3 is 0 Å². The minimum absolute atomic E-state index is 0.309. The van der Waals surface area contributed by atoms with Gasteiger partial charge in [0.25, 0.3) is 0 Å². The molecule has 8 rings (SSSR count). The van der Waals surface area contributed by atoms with Gasteiger partial charge in [-0.25, -0.2) is 0 Å². The summed E-state index contributed by atoms with van der Waals surface area (Å²) in [5.41, 5.74) is 0. The Kier molecular flexibility index (Phi) is 25.8. The minimum atomic E-state index is -0.348. The Balaban J connectivity index is 0.000000211. The van der Waals surface area contributed by atoms with E-state index < -0.39 is 0 Å². The van der Waals surface area contributed by atoms with Gasteiger partial charge in [-0.05, 0) is 105 Å². The summed E-state index contributed by atoms with van der Waals surface area (Å²) in [6, 6.07) is 88.5. The first-order chi connectivity index (χ1) is 31.2. The van der Waals surface area contributed by atoms with E-state index in [1.165, 1.54) is 73.5 Å². The molecule has 0 aliphatic carbocycles. The molecule has 63 heavy (non-hydrogen) atoms. The maximum atomic E-state index is 4.70. The molecule has 0 radical (unpaired) electrons. The third-order valence-electron chi connectivity index (χ3n) is 9.85. The van der Waals surface area contributed by atoms with Crippen LogP contribution in [0.1, 0.15) is 6.42 Å². The van der Waals surface area contributed by atoms with Crippen LogP contribution in [0.25, 0.3) is 0 Å². The number of hydrogen-bond acceptors (Lipinski definition) is 0. The van der Waals surface area contributed by atoms with Gasteiger partial charge in [-0.3, -0.25) is 0 Å². The molecule has 0 amide bonds. The molecule has 0 atom stereocenters. The van der Waals surface area contributed by atoms with Crippen molar-refractivity contribution in [3.63, 3.8) is 0 Å². The van der Waals surface area contributed by atoms with Crippen LogP contribution in [-0.2, 0) is 25.3 Å². The van der Waals surface area contributed by atoms with Crippen molar-refractivity contribution in [2.45, 2.75) is 6.42 Å². The molecular formula is C53H50Cl4Ni2P4. The summed E-state index contributed by atoms with van der Waals surface area (Å²) in [7, 11) is 17.5. The van der Waals surface area contributed by atoms with E-state index in [1.54, 1.807) is 0 Å². The molecular weight excluding hydrogens is 1020 g/mol. The number of rotatable bonds is 15. The fraction of sp³-hybridized carbons (Fsp3) is 0.0943. The molecule has 8 aromatic rings. The molecule has 0 fully saturated rings. The third kappa shape index (κ3) is 18.1. The molecule has 0 spiro atoms. The van der Waals surface area contributed by atoms with Crippen molar-refractivity contribution in [1.82, 2.24) is 0 Å². The Morgan fingerprint density at radius 3 is 0.492 bits per heavy atom. The van der Waals surface area contributed by atoms with Crippen LogP contribution in [0.4, 0.5) is 0 Å². The van der Waals surface area contributed by atoms with E-state index in [4.69, 9.17) is 40.8 Å². The molecule has 0 aliphatic rings. The predicted octanol–water partition coefficient (Wildman–Crippen LogP) is 13.6. The van der Waals surface area contributed by atoms with Crippen molar-refractivity contribution < 1.29 is 25.3 Å². The largest absolute Gasteiger partial charge is 0.0622 e. The van der Waals surface area contributed by atoms with Crippen LogP contribution in [0.3, 0.4) is 0 Å². The van der Waals surface area contributed by atoms with Gasteiger partial charge in [0.05, 0.1) is 0 Å². The number of hydrogen-bond donors (Lipinski definition) is 0.